The highest BCUT2D eigenvalue weighted by molar-refractivity contribution is 9.09. The molecule has 0 spiro atoms. The number of rotatable bonds is 2. The summed E-state index contributed by atoms with van der Waals surface area (Å²) in [5, 5.41) is 0.602. The molecule has 0 bridgehead atoms. The molecule has 104 valence electrons. The number of morpholine rings is 1. The van der Waals surface area contributed by atoms with E-state index in [4.69, 9.17) is 16.3 Å². The largest absolute Gasteiger partial charge is 0.373 e. The van der Waals surface area contributed by atoms with E-state index in [0.717, 1.165) is 0 Å². The van der Waals surface area contributed by atoms with Crippen LogP contribution < -0.4 is 0 Å². The standard InChI is InChI=1S/C13H14BrClFNO2/c1-8-7-19-9(5-14)6-17(8)13(18)10-3-2-4-11(15)12(10)16/h2-4,8-9H,5-7H2,1H3. The molecule has 6 heteroatoms. The molecule has 3 nitrogen and oxygen atoms in total. The number of halogens is 3. The van der Waals surface area contributed by atoms with E-state index in [9.17, 15) is 9.18 Å². The SMILES string of the molecule is CC1COC(CBr)CN1C(=O)c1cccc(Cl)c1F. The number of hydrogen-bond acceptors (Lipinski definition) is 2. The first-order valence-corrected chi connectivity index (χ1v) is 7.47. The topological polar surface area (TPSA) is 29.5 Å². The molecule has 19 heavy (non-hydrogen) atoms. The highest BCUT2D eigenvalue weighted by Gasteiger charge is 2.31. The Kier molecular flexibility index (Phi) is 4.81. The van der Waals surface area contributed by atoms with Gasteiger partial charge < -0.3 is 9.64 Å². The second-order valence-electron chi connectivity index (χ2n) is 4.52. The zero-order valence-corrected chi connectivity index (χ0v) is 12.7. The molecule has 0 N–H and O–H groups in total. The van der Waals surface area contributed by atoms with Gasteiger partial charge >= 0.3 is 0 Å². The van der Waals surface area contributed by atoms with E-state index in [1.807, 2.05) is 6.92 Å². The first kappa shape index (κ1) is 14.8. The Morgan fingerprint density at radius 2 is 2.37 bits per heavy atom. The van der Waals surface area contributed by atoms with Crippen LogP contribution in [0.15, 0.2) is 18.2 Å². The summed E-state index contributed by atoms with van der Waals surface area (Å²) in [7, 11) is 0. The van der Waals surface area contributed by atoms with Gasteiger partial charge in [0.1, 0.15) is 0 Å². The van der Waals surface area contributed by atoms with Crippen molar-refractivity contribution in [3.05, 3.63) is 34.6 Å². The number of amides is 1. The van der Waals surface area contributed by atoms with Crippen molar-refractivity contribution in [3.63, 3.8) is 0 Å². The van der Waals surface area contributed by atoms with Gasteiger partial charge in [0.2, 0.25) is 0 Å². The second-order valence-corrected chi connectivity index (χ2v) is 5.57. The van der Waals surface area contributed by atoms with Crippen LogP contribution in [-0.2, 0) is 4.74 Å². The van der Waals surface area contributed by atoms with Gasteiger partial charge in [-0.05, 0) is 19.1 Å². The Morgan fingerprint density at radius 3 is 3.05 bits per heavy atom. The van der Waals surface area contributed by atoms with E-state index in [1.165, 1.54) is 12.1 Å². The molecule has 1 saturated heterocycles. The number of carbonyl (C=O) groups is 1. The lowest BCUT2D eigenvalue weighted by Gasteiger charge is -2.37. The molecule has 0 radical (unpaired) electrons. The number of ether oxygens (including phenoxy) is 1. The zero-order valence-electron chi connectivity index (χ0n) is 10.4. The maximum atomic E-state index is 13.9. The average Bonchev–Trinajstić information content (AvgIpc) is 2.42. The fourth-order valence-electron chi connectivity index (χ4n) is 2.02. The first-order valence-electron chi connectivity index (χ1n) is 5.97. The fourth-order valence-corrected chi connectivity index (χ4v) is 2.58. The molecule has 1 heterocycles. The van der Waals surface area contributed by atoms with E-state index < -0.39 is 5.82 Å². The number of hydrogen-bond donors (Lipinski definition) is 0. The fraction of sp³-hybridized carbons (Fsp3) is 0.462. The van der Waals surface area contributed by atoms with Gasteiger partial charge in [0.15, 0.2) is 5.82 Å². The van der Waals surface area contributed by atoms with E-state index in [2.05, 4.69) is 15.9 Å². The maximum absolute atomic E-state index is 13.9. The van der Waals surface area contributed by atoms with Crippen LogP contribution in [0.4, 0.5) is 4.39 Å². The minimum Gasteiger partial charge on any atom is -0.373 e. The lowest BCUT2D eigenvalue weighted by Crippen LogP contribution is -2.51. The maximum Gasteiger partial charge on any atom is 0.257 e. The van der Waals surface area contributed by atoms with E-state index in [-0.39, 0.29) is 28.6 Å². The van der Waals surface area contributed by atoms with Gasteiger partial charge in [-0.15, -0.1) is 0 Å². The smallest absolute Gasteiger partial charge is 0.257 e. The second kappa shape index (κ2) is 6.20. The van der Waals surface area contributed by atoms with Crippen LogP contribution in [-0.4, -0.2) is 41.4 Å². The van der Waals surface area contributed by atoms with Crippen LogP contribution in [0.2, 0.25) is 5.02 Å². The van der Waals surface area contributed by atoms with Crippen molar-refractivity contribution in [1.82, 2.24) is 4.90 Å². The Morgan fingerprint density at radius 1 is 1.63 bits per heavy atom. The highest BCUT2D eigenvalue weighted by Crippen LogP contribution is 2.22. The zero-order chi connectivity index (χ0) is 14.0. The summed E-state index contributed by atoms with van der Waals surface area (Å²) in [6, 6.07) is 4.37. The van der Waals surface area contributed by atoms with Crippen LogP contribution in [0.5, 0.6) is 0 Å². The third kappa shape index (κ3) is 3.09. The lowest BCUT2D eigenvalue weighted by molar-refractivity contribution is -0.0363. The summed E-state index contributed by atoms with van der Waals surface area (Å²) in [5.74, 6) is -1.01. The van der Waals surface area contributed by atoms with Crippen LogP contribution in [0.25, 0.3) is 0 Å². The van der Waals surface area contributed by atoms with Crippen LogP contribution in [0.3, 0.4) is 0 Å². The Hall–Kier alpha value is -0.650. The number of alkyl halides is 1. The van der Waals surface area contributed by atoms with Crippen LogP contribution >= 0.6 is 27.5 Å². The Bertz CT molecular complexity index is 486. The van der Waals surface area contributed by atoms with Crippen LogP contribution in [0, 0.1) is 5.82 Å². The summed E-state index contributed by atoms with van der Waals surface area (Å²) in [6.45, 7) is 2.77. The van der Waals surface area contributed by atoms with Crippen molar-refractivity contribution < 1.29 is 13.9 Å². The Labute approximate surface area is 124 Å². The van der Waals surface area contributed by atoms with E-state index in [1.54, 1.807) is 11.0 Å². The van der Waals surface area contributed by atoms with E-state index in [0.29, 0.717) is 18.5 Å². The number of carbonyl (C=O) groups excluding carboxylic acids is 1. The predicted octanol–water partition coefficient (Wildman–Crippen LogP) is 3.10. The quantitative estimate of drug-likeness (QED) is 0.767. The molecule has 1 aliphatic rings. The van der Waals surface area contributed by atoms with Gasteiger partial charge in [0.25, 0.3) is 5.91 Å². The molecule has 2 atom stereocenters. The molecule has 1 aromatic carbocycles. The summed E-state index contributed by atoms with van der Waals surface area (Å²) in [6.07, 6.45) is -0.0672. The minimum atomic E-state index is -0.664. The highest BCUT2D eigenvalue weighted by atomic mass is 79.9. The van der Waals surface area contributed by atoms with Crippen molar-refractivity contribution in [3.8, 4) is 0 Å². The van der Waals surface area contributed by atoms with Gasteiger partial charge in [-0.25, -0.2) is 4.39 Å². The molecular weight excluding hydrogens is 337 g/mol. The van der Waals surface area contributed by atoms with Gasteiger partial charge in [-0.3, -0.25) is 4.79 Å². The van der Waals surface area contributed by atoms with Crippen LogP contribution in [0.1, 0.15) is 17.3 Å². The minimum absolute atomic E-state index is 0.00886. The van der Waals surface area contributed by atoms with Crippen molar-refractivity contribution in [2.75, 3.05) is 18.5 Å². The van der Waals surface area contributed by atoms with Crippen molar-refractivity contribution >= 4 is 33.4 Å². The average molecular weight is 351 g/mol. The van der Waals surface area contributed by atoms with E-state index >= 15 is 0 Å². The third-order valence-electron chi connectivity index (χ3n) is 3.12. The predicted molar refractivity (Wildman–Crippen MR) is 75.4 cm³/mol. The van der Waals surface area contributed by atoms with Gasteiger partial charge in [0, 0.05) is 11.9 Å². The third-order valence-corrected chi connectivity index (χ3v) is 4.13. The van der Waals surface area contributed by atoms with Gasteiger partial charge in [0.05, 0.1) is 29.3 Å². The summed E-state index contributed by atoms with van der Waals surface area (Å²) in [4.78, 5) is 14.0. The molecule has 2 rings (SSSR count). The van der Waals surface area contributed by atoms with Gasteiger partial charge in [-0.1, -0.05) is 33.6 Å². The molecular formula is C13H14BrClFNO2. The molecule has 1 aliphatic heterocycles. The lowest BCUT2D eigenvalue weighted by atomic mass is 10.1. The molecule has 0 saturated carbocycles. The summed E-state index contributed by atoms with van der Waals surface area (Å²) in [5.41, 5.74) is 0.00886. The molecule has 1 amide bonds. The summed E-state index contributed by atoms with van der Waals surface area (Å²) < 4.78 is 19.4. The monoisotopic (exact) mass is 349 g/mol. The molecule has 0 aliphatic carbocycles. The number of nitrogens with zero attached hydrogens (tertiary/aromatic N) is 1. The molecule has 2 unspecified atom stereocenters. The number of benzene rings is 1. The normalized spacial score (nSPS) is 23.5. The Balaban J connectivity index is 2.24. The van der Waals surface area contributed by atoms with Crippen molar-refractivity contribution in [2.45, 2.75) is 19.1 Å². The summed E-state index contributed by atoms with van der Waals surface area (Å²) >= 11 is 9.04. The molecule has 1 fully saturated rings. The molecule has 1 aromatic rings. The van der Waals surface area contributed by atoms with Crippen molar-refractivity contribution in [1.29, 1.82) is 0 Å². The molecule has 0 aromatic heterocycles. The van der Waals surface area contributed by atoms with Crippen molar-refractivity contribution in [2.24, 2.45) is 0 Å². The van der Waals surface area contributed by atoms with Gasteiger partial charge in [-0.2, -0.15) is 0 Å². The first-order chi connectivity index (χ1) is 9.04.